The van der Waals surface area contributed by atoms with Crippen LogP contribution in [0.25, 0.3) is 0 Å². The van der Waals surface area contributed by atoms with E-state index in [0.717, 1.165) is 6.42 Å². The predicted octanol–water partition coefficient (Wildman–Crippen LogP) is 4.22. The maximum absolute atomic E-state index is 11.5. The van der Waals surface area contributed by atoms with Gasteiger partial charge in [0.2, 0.25) is 10.6 Å². The van der Waals surface area contributed by atoms with Gasteiger partial charge in [-0.15, -0.1) is 0 Å². The zero-order valence-electron chi connectivity index (χ0n) is 15.5. The van der Waals surface area contributed by atoms with Crippen LogP contribution in [0.4, 0.5) is 0 Å². The second-order valence-corrected chi connectivity index (χ2v) is 6.07. The summed E-state index contributed by atoms with van der Waals surface area (Å²) in [5.41, 5.74) is 1.17. The molecule has 0 unspecified atom stereocenters. The first-order valence-corrected chi connectivity index (χ1v) is 9.50. The summed E-state index contributed by atoms with van der Waals surface area (Å²) < 4.78 is 9.59. The Morgan fingerprint density at radius 3 is 1.86 bits per heavy atom. The Bertz CT molecular complexity index is 821. The Morgan fingerprint density at radius 1 is 0.857 bits per heavy atom. The summed E-state index contributed by atoms with van der Waals surface area (Å²) in [6, 6.07) is 0. The quantitative estimate of drug-likeness (QED) is 0.367. The highest BCUT2D eigenvalue weighted by Gasteiger charge is 2.14. The normalized spacial score (nSPS) is 9.93. The summed E-state index contributed by atoms with van der Waals surface area (Å²) in [7, 11) is 0. The summed E-state index contributed by atoms with van der Waals surface area (Å²) in [5.74, 6) is -0.943. The number of nitrogens with zero attached hydrogens (tertiary/aromatic N) is 4. The van der Waals surface area contributed by atoms with Crippen molar-refractivity contribution in [2.24, 2.45) is 0 Å². The molecule has 11 heteroatoms. The number of aromatic nitrogens is 4. The van der Waals surface area contributed by atoms with Crippen molar-refractivity contribution >= 4 is 46.7 Å². The molecule has 0 N–H and O–H groups in total. The summed E-state index contributed by atoms with van der Waals surface area (Å²) in [5, 5.41) is 0.156. The molecule has 2 heterocycles. The Labute approximate surface area is 177 Å². The van der Waals surface area contributed by atoms with Crippen molar-refractivity contribution in [1.82, 2.24) is 19.9 Å². The van der Waals surface area contributed by atoms with Crippen molar-refractivity contribution in [3.8, 4) is 0 Å². The van der Waals surface area contributed by atoms with E-state index in [2.05, 4.69) is 19.9 Å². The van der Waals surface area contributed by atoms with Gasteiger partial charge in [0, 0.05) is 12.4 Å². The molecule has 0 saturated heterocycles. The van der Waals surface area contributed by atoms with E-state index in [9.17, 15) is 9.59 Å². The van der Waals surface area contributed by atoms with E-state index < -0.39 is 11.9 Å². The largest absolute Gasteiger partial charge is 0.462 e. The number of esters is 2. The Balaban J connectivity index is 0.000000283. The molecule has 0 radical (unpaired) electrons. The average molecular weight is 450 g/mol. The van der Waals surface area contributed by atoms with Crippen LogP contribution in [0.5, 0.6) is 0 Å². The van der Waals surface area contributed by atoms with Crippen molar-refractivity contribution < 1.29 is 19.1 Å². The molecule has 0 spiro atoms. The third-order valence-corrected chi connectivity index (χ3v) is 3.68. The summed E-state index contributed by atoms with van der Waals surface area (Å²) >= 11 is 16.7. The van der Waals surface area contributed by atoms with Crippen LogP contribution in [-0.4, -0.2) is 45.1 Å². The number of ether oxygens (including phenoxy) is 2. The minimum atomic E-state index is -0.552. The van der Waals surface area contributed by atoms with Gasteiger partial charge in [0.1, 0.15) is 10.7 Å². The van der Waals surface area contributed by atoms with Gasteiger partial charge >= 0.3 is 11.9 Å². The summed E-state index contributed by atoms with van der Waals surface area (Å²) in [6.45, 7) is 6.08. The lowest BCUT2D eigenvalue weighted by Crippen LogP contribution is -2.10. The lowest BCUT2D eigenvalue weighted by atomic mass is 10.1. The fraction of sp³-hybridized carbons (Fsp3) is 0.412. The van der Waals surface area contributed by atoms with Crippen molar-refractivity contribution in [3.63, 3.8) is 0 Å². The number of carbonyl (C=O) groups is 2. The predicted molar refractivity (Wildman–Crippen MR) is 105 cm³/mol. The standard InChI is InChI=1S/C10H13ClN2O2.C7H6Cl2N2O2/c1-3-5-8-7(9(14)15-4-2)6-12-10(11)13-8;1-2-13-6(12)4-3-10-7(9)11-5(4)8/h6H,3-5H2,1-2H3;3H,2H2,1H3. The van der Waals surface area contributed by atoms with Gasteiger partial charge in [0.05, 0.1) is 24.5 Å². The molecule has 2 aromatic heterocycles. The zero-order valence-corrected chi connectivity index (χ0v) is 17.8. The second-order valence-electron chi connectivity index (χ2n) is 5.03. The molecule has 0 aliphatic heterocycles. The van der Waals surface area contributed by atoms with Gasteiger partial charge in [-0.05, 0) is 43.5 Å². The van der Waals surface area contributed by atoms with Gasteiger partial charge in [0.15, 0.2) is 0 Å². The van der Waals surface area contributed by atoms with Crippen LogP contribution < -0.4 is 0 Å². The van der Waals surface area contributed by atoms with Crippen LogP contribution >= 0.6 is 34.8 Å². The molecular formula is C17H19Cl3N4O4. The van der Waals surface area contributed by atoms with E-state index in [1.165, 1.54) is 12.4 Å². The molecule has 0 fully saturated rings. The number of aryl methyl sites for hydroxylation is 1. The smallest absolute Gasteiger partial charge is 0.342 e. The topological polar surface area (TPSA) is 104 Å². The van der Waals surface area contributed by atoms with E-state index in [-0.39, 0.29) is 27.9 Å². The fourth-order valence-electron chi connectivity index (χ4n) is 1.89. The van der Waals surface area contributed by atoms with Gasteiger partial charge in [-0.3, -0.25) is 0 Å². The SMILES string of the molecule is CCCc1nc(Cl)ncc1C(=O)OCC.CCOC(=O)c1cnc(Cl)nc1Cl. The van der Waals surface area contributed by atoms with Crippen LogP contribution in [0.1, 0.15) is 53.6 Å². The van der Waals surface area contributed by atoms with Gasteiger partial charge in [-0.25, -0.2) is 29.5 Å². The average Bonchev–Trinajstić information content (AvgIpc) is 2.63. The molecule has 0 saturated carbocycles. The number of rotatable bonds is 6. The first-order chi connectivity index (χ1) is 13.3. The first kappa shape index (κ1) is 24.0. The van der Waals surface area contributed by atoms with E-state index in [4.69, 9.17) is 44.3 Å². The number of halogens is 3. The Hall–Kier alpha value is -2.03. The first-order valence-electron chi connectivity index (χ1n) is 8.37. The second kappa shape index (κ2) is 12.4. The summed E-state index contributed by atoms with van der Waals surface area (Å²) in [6.07, 6.45) is 4.23. The highest BCUT2D eigenvalue weighted by Crippen LogP contribution is 2.15. The minimum Gasteiger partial charge on any atom is -0.462 e. The van der Waals surface area contributed by atoms with Crippen LogP contribution in [0, 0.1) is 0 Å². The van der Waals surface area contributed by atoms with Crippen molar-refractivity contribution in [2.45, 2.75) is 33.6 Å². The Morgan fingerprint density at radius 2 is 1.36 bits per heavy atom. The number of carbonyl (C=O) groups excluding carboxylic acids is 2. The lowest BCUT2D eigenvalue weighted by Gasteiger charge is -2.06. The van der Waals surface area contributed by atoms with E-state index in [1.807, 2.05) is 6.92 Å². The van der Waals surface area contributed by atoms with E-state index >= 15 is 0 Å². The lowest BCUT2D eigenvalue weighted by molar-refractivity contribution is 0.0515. The molecule has 152 valence electrons. The van der Waals surface area contributed by atoms with Crippen molar-refractivity contribution in [1.29, 1.82) is 0 Å². The van der Waals surface area contributed by atoms with Crippen LogP contribution in [0.15, 0.2) is 12.4 Å². The van der Waals surface area contributed by atoms with Gasteiger partial charge in [-0.1, -0.05) is 24.9 Å². The molecule has 2 aromatic rings. The van der Waals surface area contributed by atoms with Crippen LogP contribution in [0.3, 0.4) is 0 Å². The summed E-state index contributed by atoms with van der Waals surface area (Å²) in [4.78, 5) is 37.7. The molecular weight excluding hydrogens is 431 g/mol. The van der Waals surface area contributed by atoms with Gasteiger partial charge in [0.25, 0.3) is 0 Å². The molecule has 8 nitrogen and oxygen atoms in total. The third kappa shape index (κ3) is 7.53. The highest BCUT2D eigenvalue weighted by atomic mass is 35.5. The molecule has 0 amide bonds. The highest BCUT2D eigenvalue weighted by molar-refractivity contribution is 6.33. The Kier molecular flexibility index (Phi) is 10.7. The molecule has 28 heavy (non-hydrogen) atoms. The zero-order chi connectivity index (χ0) is 21.1. The maximum atomic E-state index is 11.5. The van der Waals surface area contributed by atoms with Crippen molar-refractivity contribution in [3.05, 3.63) is 44.9 Å². The molecule has 2 rings (SSSR count). The third-order valence-electron chi connectivity index (χ3n) is 3.03. The van der Waals surface area contributed by atoms with E-state index in [1.54, 1.807) is 13.8 Å². The van der Waals surface area contributed by atoms with Gasteiger partial charge in [-0.2, -0.15) is 0 Å². The number of hydrogen-bond donors (Lipinski definition) is 0. The van der Waals surface area contributed by atoms with Gasteiger partial charge < -0.3 is 9.47 Å². The maximum Gasteiger partial charge on any atom is 0.342 e. The molecule has 0 atom stereocenters. The molecule has 0 aliphatic rings. The molecule has 0 aromatic carbocycles. The molecule has 0 bridgehead atoms. The van der Waals surface area contributed by atoms with Crippen molar-refractivity contribution in [2.75, 3.05) is 13.2 Å². The minimum absolute atomic E-state index is 0.00144. The fourth-order valence-corrected chi connectivity index (χ4v) is 2.42. The van der Waals surface area contributed by atoms with Crippen LogP contribution in [0.2, 0.25) is 15.7 Å². The monoisotopic (exact) mass is 448 g/mol. The van der Waals surface area contributed by atoms with Crippen LogP contribution in [-0.2, 0) is 15.9 Å². The van der Waals surface area contributed by atoms with E-state index in [0.29, 0.717) is 24.3 Å². The molecule has 0 aliphatic carbocycles. The number of hydrogen-bond acceptors (Lipinski definition) is 8.